The van der Waals surface area contributed by atoms with Crippen molar-refractivity contribution < 1.29 is 37.7 Å². The molecular weight excluding hydrogens is 187 g/mol. The van der Waals surface area contributed by atoms with Gasteiger partial charge in [0.25, 0.3) is 10.1 Å². The van der Waals surface area contributed by atoms with Gasteiger partial charge in [-0.3, -0.25) is 4.55 Å². The molecule has 0 aliphatic rings. The van der Waals surface area contributed by atoms with Crippen LogP contribution in [-0.4, -0.2) is 13.0 Å². The van der Waals surface area contributed by atoms with Crippen LogP contribution in [0.4, 0.5) is 0 Å². The zero-order valence-corrected chi connectivity index (χ0v) is 7.19. The summed E-state index contributed by atoms with van der Waals surface area (Å²) in [6.45, 7) is 0. The molecule has 0 fully saturated rings. The average molecular weight is 191 g/mol. The monoisotopic (exact) mass is 190 g/mol. The Kier molecular flexibility index (Phi) is 3.68. The third kappa shape index (κ3) is 2.54. The van der Waals surface area contributed by atoms with Crippen LogP contribution in [0.5, 0.6) is 0 Å². The summed E-state index contributed by atoms with van der Waals surface area (Å²) < 4.78 is 33.5. The minimum Gasteiger partial charge on any atom is -1.00 e. The van der Waals surface area contributed by atoms with Crippen molar-refractivity contribution in [1.29, 1.82) is 0 Å². The van der Waals surface area contributed by atoms with Crippen molar-refractivity contribution in [3.8, 4) is 0 Å². The van der Waals surface area contributed by atoms with Gasteiger partial charge in [0.1, 0.15) is 0 Å². The Morgan fingerprint density at radius 2 is 2.18 bits per heavy atom. The second-order valence-electron chi connectivity index (χ2n) is 1.53. The Balaban J connectivity index is 0. The Bertz CT molecular complexity index is 335. The zero-order valence-electron chi connectivity index (χ0n) is 6.61. The van der Waals surface area contributed by atoms with Crippen LogP contribution >= 0.6 is 11.6 Å². The van der Waals surface area contributed by atoms with Crippen molar-refractivity contribution in [3.63, 3.8) is 0 Å². The molecule has 0 amide bonds. The van der Waals surface area contributed by atoms with Crippen molar-refractivity contribution in [3.05, 3.63) is 17.5 Å². The summed E-state index contributed by atoms with van der Waals surface area (Å²) >= 11 is 5.22. The van der Waals surface area contributed by atoms with E-state index in [4.69, 9.17) is 16.2 Å². The maximum atomic E-state index is 10.3. The van der Waals surface area contributed by atoms with Crippen LogP contribution in [-0.2, 0) is 10.1 Å². The fourth-order valence-corrected chi connectivity index (χ4v) is 1.35. The second kappa shape index (κ2) is 3.65. The topological polar surface area (TPSA) is 67.5 Å². The number of furan rings is 1. The zero-order chi connectivity index (χ0) is 7.78. The first kappa shape index (κ1) is 11.1. The molecule has 58 valence electrons. The minimum atomic E-state index is -4.22. The van der Waals surface area contributed by atoms with Crippen LogP contribution in [0.3, 0.4) is 0 Å². The van der Waals surface area contributed by atoms with E-state index in [0.717, 1.165) is 12.3 Å². The van der Waals surface area contributed by atoms with E-state index in [1.54, 1.807) is 0 Å². The van der Waals surface area contributed by atoms with Gasteiger partial charge in [0.05, 0.1) is 6.26 Å². The van der Waals surface area contributed by atoms with Crippen LogP contribution in [0, 0.1) is 0 Å². The van der Waals surface area contributed by atoms with Crippen LogP contribution in [0.25, 0.3) is 0 Å². The average Bonchev–Trinajstić information content (AvgIpc) is 2.11. The van der Waals surface area contributed by atoms with Crippen LogP contribution in [0.2, 0.25) is 5.22 Å². The van der Waals surface area contributed by atoms with Gasteiger partial charge >= 0.3 is 18.9 Å². The summed E-state index contributed by atoms with van der Waals surface area (Å²) in [4.78, 5) is -0.408. The van der Waals surface area contributed by atoms with E-state index in [0.29, 0.717) is 0 Å². The van der Waals surface area contributed by atoms with Gasteiger partial charge in [-0.15, -0.1) is 0 Å². The standard InChI is InChI=1S/C4H3ClO4S.Li.H/c5-4-3(1-2-9-4)10(6,7)8;;/h1-2H,(H,6,7,8);;/q;+1;-1. The number of hydrogen-bond donors (Lipinski definition) is 1. The molecule has 1 aromatic heterocycles. The third-order valence-corrected chi connectivity index (χ3v) is 2.14. The molecule has 0 unspecified atom stereocenters. The van der Waals surface area contributed by atoms with E-state index in [1.165, 1.54) is 0 Å². The molecule has 4 nitrogen and oxygen atoms in total. The van der Waals surface area contributed by atoms with E-state index in [2.05, 4.69) is 4.42 Å². The molecule has 1 N–H and O–H groups in total. The van der Waals surface area contributed by atoms with Gasteiger partial charge in [0.15, 0.2) is 4.90 Å². The normalized spacial score (nSPS) is 10.7. The molecule has 1 heterocycles. The maximum absolute atomic E-state index is 10.3. The van der Waals surface area contributed by atoms with Gasteiger partial charge in [0, 0.05) is 0 Å². The van der Waals surface area contributed by atoms with Gasteiger partial charge < -0.3 is 5.84 Å². The van der Waals surface area contributed by atoms with E-state index in [1.807, 2.05) is 0 Å². The van der Waals surface area contributed by atoms with Crippen LogP contribution < -0.4 is 18.9 Å². The molecule has 0 aliphatic carbocycles. The summed E-state index contributed by atoms with van der Waals surface area (Å²) in [7, 11) is -4.22. The quantitative estimate of drug-likeness (QED) is 0.423. The molecule has 0 bridgehead atoms. The van der Waals surface area contributed by atoms with E-state index in [-0.39, 0.29) is 25.5 Å². The Hall–Kier alpha value is 0.0774. The molecule has 7 heteroatoms. The summed E-state index contributed by atoms with van der Waals surface area (Å²) in [5.41, 5.74) is 0. The summed E-state index contributed by atoms with van der Waals surface area (Å²) in [5, 5.41) is -0.331. The van der Waals surface area contributed by atoms with Gasteiger partial charge in [0.2, 0.25) is 5.22 Å². The molecule has 1 aromatic rings. The molecule has 11 heavy (non-hydrogen) atoms. The summed E-state index contributed by atoms with van der Waals surface area (Å²) in [6.07, 6.45) is 1.07. The molecule has 0 saturated heterocycles. The van der Waals surface area contributed by atoms with Gasteiger partial charge in [-0.1, -0.05) is 0 Å². The molecule has 0 radical (unpaired) electrons. The molecule has 0 saturated carbocycles. The van der Waals surface area contributed by atoms with Gasteiger partial charge in [-0.05, 0) is 17.7 Å². The minimum absolute atomic E-state index is 0. The smallest absolute Gasteiger partial charge is 1.00 e. The molecule has 0 atom stereocenters. The summed E-state index contributed by atoms with van der Waals surface area (Å²) in [5.74, 6) is 0. The van der Waals surface area contributed by atoms with E-state index >= 15 is 0 Å². The largest absolute Gasteiger partial charge is 1.00 e. The number of rotatable bonds is 1. The Morgan fingerprint density at radius 3 is 2.36 bits per heavy atom. The molecule has 1 rings (SSSR count). The number of hydrogen-bond acceptors (Lipinski definition) is 3. The van der Waals surface area contributed by atoms with Gasteiger partial charge in [-0.25, -0.2) is 0 Å². The SMILES string of the molecule is O=S(=O)(O)c1ccoc1Cl.[H-].[Li+]. The Morgan fingerprint density at radius 1 is 1.64 bits per heavy atom. The predicted molar refractivity (Wildman–Crippen MR) is 34.6 cm³/mol. The van der Waals surface area contributed by atoms with Crippen molar-refractivity contribution in [1.82, 2.24) is 0 Å². The fourth-order valence-electron chi connectivity index (χ4n) is 0.467. The molecule has 0 spiro atoms. The molecule has 0 aliphatic heterocycles. The predicted octanol–water partition coefficient (Wildman–Crippen LogP) is -1.70. The molecule has 0 aromatic carbocycles. The first-order valence-electron chi connectivity index (χ1n) is 2.22. The Labute approximate surface area is 81.9 Å². The van der Waals surface area contributed by atoms with E-state index < -0.39 is 15.0 Å². The first-order chi connectivity index (χ1) is 4.52. The van der Waals surface area contributed by atoms with Crippen molar-refractivity contribution in [2.24, 2.45) is 0 Å². The van der Waals surface area contributed by atoms with Crippen molar-refractivity contribution in [2.75, 3.05) is 0 Å². The van der Waals surface area contributed by atoms with Crippen LogP contribution in [0.15, 0.2) is 21.6 Å². The summed E-state index contributed by atoms with van der Waals surface area (Å²) in [6, 6.07) is 1.07. The number of halogens is 1. The second-order valence-corrected chi connectivity index (χ2v) is 3.27. The van der Waals surface area contributed by atoms with Crippen LogP contribution in [0.1, 0.15) is 1.43 Å². The third-order valence-electron chi connectivity index (χ3n) is 0.863. The fraction of sp³-hybridized carbons (Fsp3) is 0. The van der Waals surface area contributed by atoms with E-state index in [9.17, 15) is 8.42 Å². The van der Waals surface area contributed by atoms with Crippen molar-refractivity contribution in [2.45, 2.75) is 4.90 Å². The maximum Gasteiger partial charge on any atom is 1.00 e. The van der Waals surface area contributed by atoms with Gasteiger partial charge in [-0.2, -0.15) is 8.42 Å². The van der Waals surface area contributed by atoms with Crippen molar-refractivity contribution >= 4 is 21.7 Å². The molecular formula is C4H4ClLiO4S. The first-order valence-corrected chi connectivity index (χ1v) is 4.04.